The Morgan fingerprint density at radius 3 is 2.57 bits per heavy atom. The average Bonchev–Trinajstić information content (AvgIpc) is 3.06. The molecule has 1 aromatic heterocycles. The van der Waals surface area contributed by atoms with Gasteiger partial charge < -0.3 is 9.88 Å². The number of fused-ring (bicyclic) bond motifs is 1. The summed E-state index contributed by atoms with van der Waals surface area (Å²) in [6.45, 7) is 3.96. The second-order valence-corrected chi connectivity index (χ2v) is 6.59. The number of benzene rings is 2. The molecule has 1 heterocycles. The molecular weight excluding hydrogens is 359 g/mol. The second kappa shape index (κ2) is 8.47. The predicted octanol–water partition coefficient (Wildman–Crippen LogP) is 3.24. The zero-order valence-corrected chi connectivity index (χ0v) is 15.6. The summed E-state index contributed by atoms with van der Waals surface area (Å²) in [6.07, 6.45) is 3.57. The summed E-state index contributed by atoms with van der Waals surface area (Å²) in [5, 5.41) is 7.49. The van der Waals surface area contributed by atoms with E-state index >= 15 is 0 Å². The molecule has 28 heavy (non-hydrogen) atoms. The summed E-state index contributed by atoms with van der Waals surface area (Å²) in [6, 6.07) is 13.3. The minimum absolute atomic E-state index is 0.235. The topological polar surface area (TPSA) is 75.5 Å². The smallest absolute Gasteiger partial charge is 0.259 e. The zero-order chi connectivity index (χ0) is 20.1. The number of halogens is 1. The van der Waals surface area contributed by atoms with Crippen LogP contribution in [0.15, 0.2) is 59.8 Å². The Morgan fingerprint density at radius 2 is 1.86 bits per heavy atom. The van der Waals surface area contributed by atoms with Crippen LogP contribution in [0, 0.1) is 5.82 Å². The third kappa shape index (κ3) is 4.43. The van der Waals surface area contributed by atoms with Crippen LogP contribution in [0.25, 0.3) is 10.9 Å². The van der Waals surface area contributed by atoms with Crippen molar-refractivity contribution in [3.63, 3.8) is 0 Å². The van der Waals surface area contributed by atoms with Crippen molar-refractivity contribution in [1.82, 2.24) is 15.3 Å². The van der Waals surface area contributed by atoms with Gasteiger partial charge in [0.15, 0.2) is 0 Å². The van der Waals surface area contributed by atoms with Gasteiger partial charge in [0.25, 0.3) is 11.8 Å². The predicted molar refractivity (Wildman–Crippen MR) is 107 cm³/mol. The summed E-state index contributed by atoms with van der Waals surface area (Å²) >= 11 is 0. The maximum Gasteiger partial charge on any atom is 0.259 e. The molecule has 0 saturated carbocycles. The first-order valence-corrected chi connectivity index (χ1v) is 8.91. The molecule has 0 spiro atoms. The molecule has 0 atom stereocenters. The van der Waals surface area contributed by atoms with Crippen molar-refractivity contribution >= 4 is 28.9 Å². The molecule has 0 bridgehead atoms. The molecule has 3 aromatic rings. The van der Waals surface area contributed by atoms with Gasteiger partial charge in [-0.05, 0) is 44.2 Å². The van der Waals surface area contributed by atoms with Crippen molar-refractivity contribution in [2.45, 2.75) is 19.9 Å². The summed E-state index contributed by atoms with van der Waals surface area (Å²) in [5.74, 6) is -1.35. The first kappa shape index (κ1) is 19.3. The van der Waals surface area contributed by atoms with E-state index in [1.165, 1.54) is 24.3 Å². The minimum atomic E-state index is -0.459. The van der Waals surface area contributed by atoms with Crippen LogP contribution in [0.2, 0.25) is 0 Å². The van der Waals surface area contributed by atoms with Gasteiger partial charge in [-0.1, -0.05) is 18.2 Å². The van der Waals surface area contributed by atoms with Crippen molar-refractivity contribution in [2.75, 3.05) is 6.54 Å². The first-order valence-electron chi connectivity index (χ1n) is 8.91. The number of hydrogen-bond acceptors (Lipinski definition) is 3. The molecule has 144 valence electrons. The molecule has 0 unspecified atom stereocenters. The number of carbonyl (C=O) groups is 2. The van der Waals surface area contributed by atoms with E-state index < -0.39 is 17.6 Å². The fourth-order valence-corrected chi connectivity index (χ4v) is 2.84. The highest BCUT2D eigenvalue weighted by Gasteiger charge is 2.10. The van der Waals surface area contributed by atoms with E-state index in [1.54, 1.807) is 6.21 Å². The third-order valence-corrected chi connectivity index (χ3v) is 4.24. The maximum atomic E-state index is 12.9. The van der Waals surface area contributed by atoms with E-state index in [9.17, 15) is 14.0 Å². The normalized spacial score (nSPS) is 11.3. The van der Waals surface area contributed by atoms with Gasteiger partial charge in [0.1, 0.15) is 5.82 Å². The van der Waals surface area contributed by atoms with Crippen LogP contribution in [-0.2, 0) is 4.79 Å². The number of hydrazone groups is 1. The number of nitrogens with one attached hydrogen (secondary N) is 2. The van der Waals surface area contributed by atoms with Crippen LogP contribution >= 0.6 is 0 Å². The molecule has 7 heteroatoms. The van der Waals surface area contributed by atoms with Gasteiger partial charge in [-0.25, -0.2) is 9.82 Å². The van der Waals surface area contributed by atoms with Crippen LogP contribution in [-0.4, -0.2) is 29.1 Å². The Balaban J connectivity index is 1.59. The van der Waals surface area contributed by atoms with Gasteiger partial charge in [0.2, 0.25) is 0 Å². The van der Waals surface area contributed by atoms with Crippen LogP contribution in [0.4, 0.5) is 4.39 Å². The summed E-state index contributed by atoms with van der Waals surface area (Å²) in [7, 11) is 0. The van der Waals surface area contributed by atoms with Crippen molar-refractivity contribution < 1.29 is 14.0 Å². The van der Waals surface area contributed by atoms with Crippen LogP contribution < -0.4 is 10.7 Å². The Bertz CT molecular complexity index is 1020. The Labute approximate surface area is 162 Å². The van der Waals surface area contributed by atoms with Crippen LogP contribution in [0.5, 0.6) is 0 Å². The average molecular weight is 380 g/mol. The second-order valence-electron chi connectivity index (χ2n) is 6.59. The lowest BCUT2D eigenvalue weighted by molar-refractivity contribution is -0.120. The fourth-order valence-electron chi connectivity index (χ4n) is 2.84. The maximum absolute atomic E-state index is 12.9. The molecule has 0 radical (unpaired) electrons. The molecule has 0 aliphatic heterocycles. The molecule has 0 fully saturated rings. The molecule has 0 saturated heterocycles. The zero-order valence-electron chi connectivity index (χ0n) is 15.6. The highest BCUT2D eigenvalue weighted by molar-refractivity contribution is 6.00. The van der Waals surface area contributed by atoms with E-state index in [0.29, 0.717) is 6.04 Å². The third-order valence-electron chi connectivity index (χ3n) is 4.24. The van der Waals surface area contributed by atoms with Gasteiger partial charge in [-0.3, -0.25) is 9.59 Å². The molecular formula is C21H21FN4O2. The molecule has 2 N–H and O–H groups in total. The molecule has 3 rings (SSSR count). The highest BCUT2D eigenvalue weighted by atomic mass is 19.1. The molecule has 0 aliphatic carbocycles. The number of hydrogen-bond donors (Lipinski definition) is 2. The van der Waals surface area contributed by atoms with E-state index in [-0.39, 0.29) is 12.1 Å². The largest absolute Gasteiger partial charge is 0.344 e. The van der Waals surface area contributed by atoms with E-state index in [1.807, 2.05) is 30.5 Å². The van der Waals surface area contributed by atoms with E-state index in [2.05, 4.69) is 34.3 Å². The number of aromatic nitrogens is 1. The van der Waals surface area contributed by atoms with Gasteiger partial charge in [-0.2, -0.15) is 5.10 Å². The summed E-state index contributed by atoms with van der Waals surface area (Å²) in [4.78, 5) is 23.8. The van der Waals surface area contributed by atoms with Crippen LogP contribution in [0.3, 0.4) is 0 Å². The number of carbonyl (C=O) groups excluding carboxylic acids is 2. The minimum Gasteiger partial charge on any atom is -0.344 e. The number of para-hydroxylation sites is 1. The monoisotopic (exact) mass is 380 g/mol. The van der Waals surface area contributed by atoms with Crippen molar-refractivity contribution in [3.05, 3.63) is 71.7 Å². The quantitative estimate of drug-likeness (QED) is 0.509. The standard InChI is InChI=1S/C21H21FN4O2/c1-14(2)26-13-16(18-5-3-4-6-19(18)26)11-24-25-20(27)12-23-21(28)15-7-9-17(22)10-8-15/h3-11,13-14H,12H2,1-2H3,(H,23,28)(H,25,27)/b24-11-. The number of rotatable bonds is 6. The Morgan fingerprint density at radius 1 is 1.14 bits per heavy atom. The van der Waals surface area contributed by atoms with Gasteiger partial charge in [0.05, 0.1) is 12.8 Å². The molecule has 2 amide bonds. The fraction of sp³-hybridized carbons (Fsp3) is 0.190. The lowest BCUT2D eigenvalue weighted by Crippen LogP contribution is -2.34. The SMILES string of the molecule is CC(C)n1cc(/C=N\NC(=O)CNC(=O)c2ccc(F)cc2)c2ccccc21. The summed E-state index contributed by atoms with van der Waals surface area (Å²) < 4.78 is 15.0. The lowest BCUT2D eigenvalue weighted by Gasteiger charge is -2.08. The number of nitrogens with zero attached hydrogens (tertiary/aromatic N) is 2. The van der Waals surface area contributed by atoms with Crippen molar-refractivity contribution in [3.8, 4) is 0 Å². The number of amides is 2. The Hall–Kier alpha value is -3.48. The highest BCUT2D eigenvalue weighted by Crippen LogP contribution is 2.23. The van der Waals surface area contributed by atoms with Gasteiger partial charge in [0, 0.05) is 34.3 Å². The lowest BCUT2D eigenvalue weighted by atomic mass is 10.2. The van der Waals surface area contributed by atoms with Crippen LogP contribution in [0.1, 0.15) is 35.8 Å². The van der Waals surface area contributed by atoms with E-state index in [4.69, 9.17) is 0 Å². The molecule has 6 nitrogen and oxygen atoms in total. The Kier molecular flexibility index (Phi) is 5.84. The first-order chi connectivity index (χ1) is 13.5. The van der Waals surface area contributed by atoms with Gasteiger partial charge >= 0.3 is 0 Å². The van der Waals surface area contributed by atoms with E-state index in [0.717, 1.165) is 16.5 Å². The van der Waals surface area contributed by atoms with Crippen molar-refractivity contribution in [1.29, 1.82) is 0 Å². The van der Waals surface area contributed by atoms with Crippen molar-refractivity contribution in [2.24, 2.45) is 5.10 Å². The molecule has 0 aliphatic rings. The summed E-state index contributed by atoms with van der Waals surface area (Å²) in [5.41, 5.74) is 4.66. The van der Waals surface area contributed by atoms with Gasteiger partial charge in [-0.15, -0.1) is 0 Å². The molecule has 2 aromatic carbocycles.